The predicted molar refractivity (Wildman–Crippen MR) is 311 cm³/mol. The summed E-state index contributed by atoms with van der Waals surface area (Å²) in [5, 5.41) is 36.1. The van der Waals surface area contributed by atoms with Gasteiger partial charge in [-0.05, 0) is 182 Å². The van der Waals surface area contributed by atoms with E-state index < -0.39 is 23.9 Å². The van der Waals surface area contributed by atoms with Crippen molar-refractivity contribution >= 4 is 53.1 Å². The first kappa shape index (κ1) is 56.8. The molecule has 0 bridgehead atoms. The molecule has 0 atom stereocenters. The quantitative estimate of drug-likeness (QED) is 0.0840. The van der Waals surface area contributed by atoms with Gasteiger partial charge in [-0.3, -0.25) is 19.2 Å². The maximum Gasteiger partial charge on any atom is 0.336 e. The number of aromatic carboxylic acids is 4. The van der Waals surface area contributed by atoms with Gasteiger partial charge in [-0.25, -0.2) is 19.2 Å². The van der Waals surface area contributed by atoms with Crippen molar-refractivity contribution in [3.8, 4) is 0 Å². The summed E-state index contributed by atoms with van der Waals surface area (Å²) in [4.78, 5) is 94.0. The first-order valence-corrected chi connectivity index (χ1v) is 27.3. The van der Waals surface area contributed by atoms with E-state index in [0.29, 0.717) is 33.4 Å². The fraction of sp³-hybridized carbons (Fsp3) is 0.171. The summed E-state index contributed by atoms with van der Waals surface area (Å²) in [6, 6.07) is 47.8. The van der Waals surface area contributed by atoms with Crippen LogP contribution < -0.4 is 0 Å². The lowest BCUT2D eigenvalue weighted by Gasteiger charge is -2.16. The van der Waals surface area contributed by atoms with Crippen molar-refractivity contribution in [2.24, 2.45) is 0 Å². The van der Waals surface area contributed by atoms with Crippen LogP contribution in [0.5, 0.6) is 0 Å². The van der Waals surface area contributed by atoms with Gasteiger partial charge in [-0.2, -0.15) is 0 Å². The van der Waals surface area contributed by atoms with E-state index in [2.05, 4.69) is 0 Å². The SMILES string of the molecule is O=C(O)c1ccc(C(=O)c2ccc3c(c2)CCC3)cc1.O=C(O)c1ccc(C(=O)c2ccc3c(c2)CCCC3)cc1.O=C(O)c1ccccc1C(=O)c1ccc2c(c1)CC=C2.O=C(O)c1ccccc1C(=O)c1ccc2c(c1)CCCC2. The zero-order valence-electron chi connectivity index (χ0n) is 44.9. The molecule has 8 aromatic rings. The van der Waals surface area contributed by atoms with Crippen molar-refractivity contribution in [2.75, 3.05) is 0 Å². The smallest absolute Gasteiger partial charge is 0.336 e. The summed E-state index contributed by atoms with van der Waals surface area (Å²) < 4.78 is 0. The number of fused-ring (bicyclic) bond motifs is 4. The van der Waals surface area contributed by atoms with E-state index >= 15 is 0 Å². The molecule has 8 aromatic carbocycles. The minimum absolute atomic E-state index is 0.0381. The lowest BCUT2D eigenvalue weighted by atomic mass is 9.88. The van der Waals surface area contributed by atoms with Crippen LogP contribution in [0.15, 0.2) is 176 Å². The molecule has 0 aromatic heterocycles. The number of ketones is 4. The van der Waals surface area contributed by atoms with Crippen LogP contribution in [-0.2, 0) is 44.9 Å². The Labute approximate surface area is 474 Å². The minimum Gasteiger partial charge on any atom is -0.478 e. The van der Waals surface area contributed by atoms with Gasteiger partial charge in [-0.15, -0.1) is 0 Å². The maximum absolute atomic E-state index is 12.6. The number of rotatable bonds is 12. The van der Waals surface area contributed by atoms with Crippen molar-refractivity contribution in [1.82, 2.24) is 0 Å². The standard InChI is InChI=1S/2C18H16O3.C17H12O3.C17H14O3/c19-17(15-7-3-4-8-16(15)18(20)21)14-10-9-12-5-1-2-6-13(12)11-14;19-17(13-6-8-14(9-7-13)18(20)21)16-10-5-12-3-1-2-4-15(12)11-16;18-16(14-6-1-2-7-15(14)17(19)20)13-9-8-11-4-3-5-12(11)10-13;18-16(12-5-7-13(8-6-12)17(19)20)15-9-4-11-2-1-3-14(11)10-15/h3-4,7-11H,1-2,5-6H2,(H,20,21);5-11H,1-4H2,(H,20,21);1-4,6-10H,5H2,(H,19,20);4-10H,1-3H2,(H,19,20). The molecule has 4 aliphatic carbocycles. The number of allylic oxidation sites excluding steroid dienone is 1. The molecule has 12 heteroatoms. The number of aryl methyl sites for hydroxylation is 6. The van der Waals surface area contributed by atoms with Gasteiger partial charge in [0.05, 0.1) is 22.3 Å². The molecule has 82 heavy (non-hydrogen) atoms. The number of benzene rings is 8. The molecule has 12 nitrogen and oxygen atoms in total. The van der Waals surface area contributed by atoms with Gasteiger partial charge in [-0.1, -0.05) is 121 Å². The average molecular weight is 1090 g/mol. The minimum atomic E-state index is -1.09. The number of hydrogen-bond acceptors (Lipinski definition) is 8. The molecule has 0 amide bonds. The van der Waals surface area contributed by atoms with E-state index in [1.54, 1.807) is 66.7 Å². The van der Waals surface area contributed by atoms with Gasteiger partial charge in [0, 0.05) is 44.5 Å². The zero-order chi connectivity index (χ0) is 57.9. The molecule has 0 spiro atoms. The maximum atomic E-state index is 12.6. The number of carboxylic acid groups (broad SMARTS) is 4. The normalized spacial score (nSPS) is 13.1. The molecule has 0 aliphatic heterocycles. The summed E-state index contributed by atoms with van der Waals surface area (Å²) in [5.41, 5.74) is 14.4. The third kappa shape index (κ3) is 13.4. The highest BCUT2D eigenvalue weighted by atomic mass is 16.4. The van der Waals surface area contributed by atoms with Gasteiger partial charge in [0.15, 0.2) is 23.1 Å². The van der Waals surface area contributed by atoms with E-state index in [0.717, 1.165) is 68.9 Å². The Morgan fingerprint density at radius 1 is 0.268 bits per heavy atom. The van der Waals surface area contributed by atoms with E-state index in [-0.39, 0.29) is 56.5 Å². The van der Waals surface area contributed by atoms with Crippen molar-refractivity contribution in [1.29, 1.82) is 0 Å². The van der Waals surface area contributed by atoms with Crippen molar-refractivity contribution in [2.45, 2.75) is 77.0 Å². The van der Waals surface area contributed by atoms with Crippen LogP contribution >= 0.6 is 0 Å². The molecule has 0 heterocycles. The van der Waals surface area contributed by atoms with Crippen LogP contribution in [0, 0.1) is 0 Å². The van der Waals surface area contributed by atoms with Crippen molar-refractivity contribution in [3.63, 3.8) is 0 Å². The highest BCUT2D eigenvalue weighted by Gasteiger charge is 2.22. The Morgan fingerprint density at radius 3 is 0.963 bits per heavy atom. The molecule has 0 radical (unpaired) electrons. The number of carbonyl (C=O) groups excluding carboxylic acids is 4. The Morgan fingerprint density at radius 2 is 0.573 bits per heavy atom. The van der Waals surface area contributed by atoms with E-state index in [1.165, 1.54) is 89.0 Å². The summed E-state index contributed by atoms with van der Waals surface area (Å²) in [5.74, 6) is -4.71. The van der Waals surface area contributed by atoms with E-state index in [4.69, 9.17) is 15.3 Å². The van der Waals surface area contributed by atoms with Crippen molar-refractivity contribution < 1.29 is 58.8 Å². The topological polar surface area (TPSA) is 217 Å². The first-order valence-electron chi connectivity index (χ1n) is 27.3. The van der Waals surface area contributed by atoms with Gasteiger partial charge >= 0.3 is 23.9 Å². The fourth-order valence-electron chi connectivity index (χ4n) is 10.8. The van der Waals surface area contributed by atoms with Crippen LogP contribution in [0.25, 0.3) is 6.08 Å². The van der Waals surface area contributed by atoms with Gasteiger partial charge < -0.3 is 20.4 Å². The van der Waals surface area contributed by atoms with E-state index in [1.807, 2.05) is 78.9 Å². The number of hydrogen-bond donors (Lipinski definition) is 4. The Hall–Kier alpha value is -9.94. The van der Waals surface area contributed by atoms with Crippen LogP contribution in [0.4, 0.5) is 0 Å². The second kappa shape index (κ2) is 25.9. The second-order valence-corrected chi connectivity index (χ2v) is 20.5. The summed E-state index contributed by atoms with van der Waals surface area (Å²) >= 11 is 0. The molecule has 0 saturated heterocycles. The van der Waals surface area contributed by atoms with Crippen molar-refractivity contribution in [3.05, 3.63) is 287 Å². The lowest BCUT2D eigenvalue weighted by Crippen LogP contribution is -2.11. The highest BCUT2D eigenvalue weighted by molar-refractivity contribution is 6.15. The fourth-order valence-corrected chi connectivity index (χ4v) is 10.8. The molecule has 410 valence electrons. The average Bonchev–Trinajstić information content (AvgIpc) is 4.28. The Balaban J connectivity index is 0.000000132. The number of carboxylic acids is 4. The summed E-state index contributed by atoms with van der Waals surface area (Å²) in [6.45, 7) is 0. The van der Waals surface area contributed by atoms with Crippen LogP contribution in [0.2, 0.25) is 0 Å². The number of carbonyl (C=O) groups is 8. The highest BCUT2D eigenvalue weighted by Crippen LogP contribution is 2.28. The summed E-state index contributed by atoms with van der Waals surface area (Å²) in [6.07, 6.45) is 17.1. The largest absolute Gasteiger partial charge is 0.478 e. The predicted octanol–water partition coefficient (Wildman–Crippen LogP) is 13.3. The zero-order valence-corrected chi connectivity index (χ0v) is 44.9. The van der Waals surface area contributed by atoms with Crippen LogP contribution in [0.1, 0.15) is 182 Å². The van der Waals surface area contributed by atoms with Gasteiger partial charge in [0.2, 0.25) is 0 Å². The van der Waals surface area contributed by atoms with E-state index in [9.17, 15) is 43.5 Å². The second-order valence-electron chi connectivity index (χ2n) is 20.5. The van der Waals surface area contributed by atoms with Crippen LogP contribution in [0.3, 0.4) is 0 Å². The molecule has 0 saturated carbocycles. The molecular formula is C70H58O12. The third-order valence-corrected chi connectivity index (χ3v) is 15.2. The van der Waals surface area contributed by atoms with Crippen LogP contribution in [-0.4, -0.2) is 67.4 Å². The molecule has 0 fully saturated rings. The van der Waals surface area contributed by atoms with Gasteiger partial charge in [0.1, 0.15) is 0 Å². The molecular weight excluding hydrogens is 1030 g/mol. The molecule has 4 N–H and O–H groups in total. The Bertz CT molecular complexity index is 3840. The lowest BCUT2D eigenvalue weighted by molar-refractivity contribution is 0.0683. The molecule has 4 aliphatic rings. The first-order chi connectivity index (χ1) is 39.6. The van der Waals surface area contributed by atoms with Gasteiger partial charge in [0.25, 0.3) is 0 Å². The third-order valence-electron chi connectivity index (χ3n) is 15.2. The molecule has 12 rings (SSSR count). The molecule has 0 unspecified atom stereocenters. The summed E-state index contributed by atoms with van der Waals surface area (Å²) in [7, 11) is 0. The monoisotopic (exact) mass is 1090 g/mol. The Kier molecular flexibility index (Phi) is 17.9.